The maximum Gasteiger partial charge on any atom is 0.225 e. The number of carbonyl (C=O) groups excluding carboxylic acids is 1. The van der Waals surface area contributed by atoms with Gasteiger partial charge in [0.25, 0.3) is 0 Å². The molecule has 2 fully saturated rings. The number of rotatable bonds is 3. The van der Waals surface area contributed by atoms with Crippen LogP contribution in [0.1, 0.15) is 19.3 Å². The fourth-order valence-corrected chi connectivity index (χ4v) is 4.49. The molecule has 0 N–H and O–H groups in total. The molecule has 22 heavy (non-hydrogen) atoms. The van der Waals surface area contributed by atoms with Crippen LogP contribution in [0.15, 0.2) is 29.2 Å². The van der Waals surface area contributed by atoms with E-state index >= 15 is 0 Å². The number of nitrogens with zero attached hydrogens (tertiary/aromatic N) is 1. The molecule has 1 amide bonds. The van der Waals surface area contributed by atoms with E-state index in [9.17, 15) is 13.4 Å². The first-order valence-electron chi connectivity index (χ1n) is 7.68. The summed E-state index contributed by atoms with van der Waals surface area (Å²) in [5.74, 6) is -0.114. The molecule has 0 saturated carbocycles. The van der Waals surface area contributed by atoms with E-state index in [4.69, 9.17) is 4.74 Å². The third-order valence-corrected chi connectivity index (χ3v) is 6.10. The number of likely N-dealkylation sites (tertiary alicyclic amines) is 1. The number of carbonyl (C=O) groups is 1. The van der Waals surface area contributed by atoms with Crippen LogP contribution in [0.25, 0.3) is 0 Å². The third kappa shape index (κ3) is 3.38. The molecule has 2 unspecified atom stereocenters. The highest BCUT2D eigenvalue weighted by Gasteiger charge is 2.34. The van der Waals surface area contributed by atoms with Gasteiger partial charge in [-0.3, -0.25) is 9.00 Å². The maximum atomic E-state index is 12.9. The van der Waals surface area contributed by atoms with Crippen LogP contribution >= 0.6 is 0 Å². The Bertz CT molecular complexity index is 557. The van der Waals surface area contributed by atoms with Crippen molar-refractivity contribution in [2.75, 3.05) is 26.3 Å². The summed E-state index contributed by atoms with van der Waals surface area (Å²) in [7, 11) is -1.19. The lowest BCUT2D eigenvalue weighted by molar-refractivity contribution is -0.137. The van der Waals surface area contributed by atoms with E-state index in [0.29, 0.717) is 31.2 Å². The molecular weight excluding hydrogens is 305 g/mol. The Morgan fingerprint density at radius 3 is 2.55 bits per heavy atom. The lowest BCUT2D eigenvalue weighted by Crippen LogP contribution is -2.37. The number of ether oxygens (including phenoxy) is 1. The molecule has 120 valence electrons. The van der Waals surface area contributed by atoms with E-state index in [-0.39, 0.29) is 22.9 Å². The van der Waals surface area contributed by atoms with Crippen molar-refractivity contribution in [2.45, 2.75) is 29.4 Å². The largest absolute Gasteiger partial charge is 0.381 e. The van der Waals surface area contributed by atoms with Crippen LogP contribution < -0.4 is 0 Å². The van der Waals surface area contributed by atoms with Crippen molar-refractivity contribution in [3.8, 4) is 0 Å². The van der Waals surface area contributed by atoms with E-state index in [1.165, 1.54) is 12.1 Å². The molecule has 1 aromatic carbocycles. The van der Waals surface area contributed by atoms with Gasteiger partial charge in [0.05, 0.1) is 16.0 Å². The highest BCUT2D eigenvalue weighted by molar-refractivity contribution is 7.85. The summed E-state index contributed by atoms with van der Waals surface area (Å²) in [5, 5.41) is -0.0609. The number of halogens is 1. The molecule has 3 rings (SSSR count). The van der Waals surface area contributed by atoms with Crippen LogP contribution in [0.2, 0.25) is 0 Å². The Labute approximate surface area is 132 Å². The van der Waals surface area contributed by atoms with Crippen LogP contribution in [0.3, 0.4) is 0 Å². The molecule has 2 heterocycles. The minimum Gasteiger partial charge on any atom is -0.381 e. The average Bonchev–Trinajstić information content (AvgIpc) is 3.05. The smallest absolute Gasteiger partial charge is 0.225 e. The summed E-state index contributed by atoms with van der Waals surface area (Å²) in [4.78, 5) is 14.9. The normalized spacial score (nSPS) is 24.4. The highest BCUT2D eigenvalue weighted by atomic mass is 32.2. The van der Waals surface area contributed by atoms with Crippen molar-refractivity contribution in [1.29, 1.82) is 0 Å². The first-order valence-corrected chi connectivity index (χ1v) is 8.89. The van der Waals surface area contributed by atoms with E-state index in [1.54, 1.807) is 12.1 Å². The van der Waals surface area contributed by atoms with Crippen molar-refractivity contribution in [1.82, 2.24) is 4.90 Å². The lowest BCUT2D eigenvalue weighted by atomic mass is 9.99. The Balaban J connectivity index is 1.60. The van der Waals surface area contributed by atoms with Crippen molar-refractivity contribution in [2.24, 2.45) is 5.92 Å². The number of amides is 1. The van der Waals surface area contributed by atoms with Gasteiger partial charge in [0.2, 0.25) is 5.91 Å². The predicted molar refractivity (Wildman–Crippen MR) is 81.3 cm³/mol. The number of hydrogen-bond donors (Lipinski definition) is 0. The molecule has 0 spiro atoms. The van der Waals surface area contributed by atoms with Gasteiger partial charge < -0.3 is 9.64 Å². The van der Waals surface area contributed by atoms with E-state index in [1.807, 2.05) is 4.90 Å². The lowest BCUT2D eigenvalue weighted by Gasteiger charge is -2.26. The van der Waals surface area contributed by atoms with Gasteiger partial charge >= 0.3 is 0 Å². The van der Waals surface area contributed by atoms with Crippen molar-refractivity contribution in [3.05, 3.63) is 30.1 Å². The van der Waals surface area contributed by atoms with Crippen LogP contribution in [-0.4, -0.2) is 46.6 Å². The second-order valence-electron chi connectivity index (χ2n) is 5.83. The third-order valence-electron chi connectivity index (χ3n) is 4.38. The minimum absolute atomic E-state index is 0.0479. The Kier molecular flexibility index (Phi) is 4.88. The van der Waals surface area contributed by atoms with Crippen LogP contribution in [0, 0.1) is 11.7 Å². The quantitative estimate of drug-likeness (QED) is 0.853. The average molecular weight is 325 g/mol. The molecule has 0 aliphatic carbocycles. The second kappa shape index (κ2) is 6.87. The molecule has 2 aliphatic heterocycles. The molecule has 4 nitrogen and oxygen atoms in total. The van der Waals surface area contributed by atoms with Crippen LogP contribution in [0.5, 0.6) is 0 Å². The predicted octanol–water partition coefficient (Wildman–Crippen LogP) is 1.96. The second-order valence-corrected chi connectivity index (χ2v) is 7.57. The summed E-state index contributed by atoms with van der Waals surface area (Å²) in [5.41, 5.74) is 0. The summed E-state index contributed by atoms with van der Waals surface area (Å²) in [6.07, 6.45) is 2.29. The van der Waals surface area contributed by atoms with Gasteiger partial charge in [0.1, 0.15) is 5.82 Å². The molecule has 1 aromatic rings. The molecule has 2 aliphatic rings. The fraction of sp³-hybridized carbons (Fsp3) is 0.562. The Hall–Kier alpha value is -1.27. The van der Waals surface area contributed by atoms with E-state index in [0.717, 1.165) is 19.3 Å². The van der Waals surface area contributed by atoms with Crippen molar-refractivity contribution >= 4 is 16.7 Å². The monoisotopic (exact) mass is 325 g/mol. The number of hydrogen-bond acceptors (Lipinski definition) is 3. The molecule has 0 radical (unpaired) electrons. The molecule has 2 atom stereocenters. The van der Waals surface area contributed by atoms with Gasteiger partial charge in [0, 0.05) is 37.1 Å². The van der Waals surface area contributed by atoms with Gasteiger partial charge in [-0.2, -0.15) is 0 Å². The first-order chi connectivity index (χ1) is 10.6. The summed E-state index contributed by atoms with van der Waals surface area (Å²) >= 11 is 0. The standard InChI is InChI=1S/C16H20FNO3S/c17-13-1-3-14(4-2-13)22(20)15-5-8-18(11-15)16(19)12-6-9-21-10-7-12/h1-4,12,15H,5-11H2. The number of benzene rings is 1. The molecule has 0 bridgehead atoms. The summed E-state index contributed by atoms with van der Waals surface area (Å²) < 4.78 is 30.8. The van der Waals surface area contributed by atoms with E-state index < -0.39 is 10.8 Å². The molecule has 6 heteroatoms. The summed E-state index contributed by atoms with van der Waals surface area (Å²) in [6.45, 7) is 2.48. The van der Waals surface area contributed by atoms with Crippen LogP contribution in [0.4, 0.5) is 4.39 Å². The SMILES string of the molecule is O=C(C1CCOCC1)N1CCC(S(=O)c2ccc(F)cc2)C1. The van der Waals surface area contributed by atoms with E-state index in [2.05, 4.69) is 0 Å². The molecule has 0 aromatic heterocycles. The van der Waals surface area contributed by atoms with Gasteiger partial charge in [-0.15, -0.1) is 0 Å². The van der Waals surface area contributed by atoms with Crippen molar-refractivity contribution < 1.29 is 18.1 Å². The Morgan fingerprint density at radius 2 is 1.86 bits per heavy atom. The summed E-state index contributed by atoms with van der Waals surface area (Å²) in [6, 6.07) is 5.78. The fourth-order valence-electron chi connectivity index (χ4n) is 3.07. The first kappa shape index (κ1) is 15.6. The van der Waals surface area contributed by atoms with Gasteiger partial charge in [0.15, 0.2) is 0 Å². The van der Waals surface area contributed by atoms with Crippen molar-refractivity contribution in [3.63, 3.8) is 0 Å². The minimum atomic E-state index is -1.19. The van der Waals surface area contributed by atoms with Crippen LogP contribution in [-0.2, 0) is 20.3 Å². The topological polar surface area (TPSA) is 46.6 Å². The van der Waals surface area contributed by atoms with Gasteiger partial charge in [-0.1, -0.05) is 0 Å². The van der Waals surface area contributed by atoms with Gasteiger partial charge in [-0.05, 0) is 43.5 Å². The molecular formula is C16H20FNO3S. The zero-order chi connectivity index (χ0) is 15.5. The Morgan fingerprint density at radius 1 is 1.18 bits per heavy atom. The zero-order valence-electron chi connectivity index (χ0n) is 12.4. The van der Waals surface area contributed by atoms with Gasteiger partial charge in [-0.25, -0.2) is 4.39 Å². The molecule has 2 saturated heterocycles. The zero-order valence-corrected chi connectivity index (χ0v) is 13.2. The highest BCUT2D eigenvalue weighted by Crippen LogP contribution is 2.24. The maximum absolute atomic E-state index is 12.9.